The van der Waals surface area contributed by atoms with Crippen LogP contribution >= 0.6 is 11.6 Å². The van der Waals surface area contributed by atoms with Crippen LogP contribution in [0.25, 0.3) is 0 Å². The van der Waals surface area contributed by atoms with Crippen LogP contribution in [0.4, 0.5) is 0 Å². The lowest BCUT2D eigenvalue weighted by Gasteiger charge is -2.31. The predicted octanol–water partition coefficient (Wildman–Crippen LogP) is 2.61. The van der Waals surface area contributed by atoms with Crippen molar-refractivity contribution < 1.29 is 23.8 Å². The molecule has 1 aliphatic rings. The Bertz CT molecular complexity index is 804. The maximum atomic E-state index is 12.9. The van der Waals surface area contributed by atoms with Crippen LogP contribution < -0.4 is 11.1 Å². The third-order valence-electron chi connectivity index (χ3n) is 4.06. The summed E-state index contributed by atoms with van der Waals surface area (Å²) < 4.78 is 16.3. The number of dihydropyridines is 1. The molecule has 0 aliphatic carbocycles. The minimum atomic E-state index is -0.714. The van der Waals surface area contributed by atoms with E-state index in [-0.39, 0.29) is 18.8 Å². The molecule has 3 N–H and O–H groups in total. The first-order chi connectivity index (χ1) is 13.4. The van der Waals surface area contributed by atoms with E-state index >= 15 is 0 Å². The summed E-state index contributed by atoms with van der Waals surface area (Å²) in [7, 11) is 0. The number of nitrogens with one attached hydrogen (secondary N) is 1. The van der Waals surface area contributed by atoms with Crippen LogP contribution in [0.15, 0.2) is 47.0 Å². The van der Waals surface area contributed by atoms with Crippen LogP contribution in [0.2, 0.25) is 5.02 Å². The van der Waals surface area contributed by atoms with Gasteiger partial charge in [0.25, 0.3) is 0 Å². The van der Waals surface area contributed by atoms with Crippen molar-refractivity contribution in [2.24, 2.45) is 5.73 Å². The van der Waals surface area contributed by atoms with Gasteiger partial charge < -0.3 is 25.3 Å². The zero-order valence-corrected chi connectivity index (χ0v) is 17.0. The number of allylic oxidation sites excluding steroid dienone is 2. The monoisotopic (exact) mass is 408 g/mol. The Labute approximate surface area is 169 Å². The second-order valence-corrected chi connectivity index (χ2v) is 6.52. The second-order valence-electron chi connectivity index (χ2n) is 6.12. The topological polar surface area (TPSA) is 99.9 Å². The molecule has 2 rings (SSSR count). The van der Waals surface area contributed by atoms with Crippen molar-refractivity contribution in [1.82, 2.24) is 5.32 Å². The van der Waals surface area contributed by atoms with Crippen LogP contribution in [0.1, 0.15) is 32.3 Å². The number of esters is 2. The lowest BCUT2D eigenvalue weighted by molar-refractivity contribution is -0.141. The van der Waals surface area contributed by atoms with Gasteiger partial charge in [0.05, 0.1) is 42.7 Å². The smallest absolute Gasteiger partial charge is 0.336 e. The van der Waals surface area contributed by atoms with Gasteiger partial charge in [0.1, 0.15) is 5.76 Å². The number of carbonyl (C=O) groups excluding carboxylic acids is 2. The van der Waals surface area contributed by atoms with Crippen LogP contribution in [0.3, 0.4) is 0 Å². The lowest BCUT2D eigenvalue weighted by atomic mass is 9.84. The first-order valence-electron chi connectivity index (χ1n) is 8.99. The van der Waals surface area contributed by atoms with Gasteiger partial charge in [0, 0.05) is 18.5 Å². The molecule has 0 saturated carbocycles. The van der Waals surface area contributed by atoms with Gasteiger partial charge in [0.2, 0.25) is 0 Å². The summed E-state index contributed by atoms with van der Waals surface area (Å²) in [5.41, 5.74) is 7.50. The second kappa shape index (κ2) is 10.3. The molecule has 0 saturated heterocycles. The molecule has 0 aromatic heterocycles. The highest BCUT2D eigenvalue weighted by molar-refractivity contribution is 6.31. The Morgan fingerprint density at radius 1 is 1.29 bits per heavy atom. The fraction of sp³-hybridized carbons (Fsp3) is 0.400. The fourth-order valence-corrected chi connectivity index (χ4v) is 3.24. The van der Waals surface area contributed by atoms with E-state index in [0.717, 1.165) is 0 Å². The maximum Gasteiger partial charge on any atom is 0.336 e. The molecular weight excluding hydrogens is 384 g/mol. The van der Waals surface area contributed by atoms with Crippen molar-refractivity contribution in [3.05, 3.63) is 57.6 Å². The molecule has 1 aromatic rings. The van der Waals surface area contributed by atoms with Gasteiger partial charge in [0.15, 0.2) is 0 Å². The Balaban J connectivity index is 2.64. The van der Waals surface area contributed by atoms with Crippen molar-refractivity contribution in [2.45, 2.75) is 26.7 Å². The average Bonchev–Trinajstić information content (AvgIpc) is 2.64. The summed E-state index contributed by atoms with van der Waals surface area (Å²) in [5, 5.41) is 3.55. The molecular formula is C20H25ClN2O5. The SMILES string of the molecule is CCOC(=O)C1=C(COCCN)NC(C)=C(OC(C)=O)C1c1ccccc1Cl. The number of benzene rings is 1. The Morgan fingerprint density at radius 2 is 2.00 bits per heavy atom. The number of carbonyl (C=O) groups is 2. The third-order valence-corrected chi connectivity index (χ3v) is 4.40. The van der Waals surface area contributed by atoms with Gasteiger partial charge in [-0.05, 0) is 25.5 Å². The quantitative estimate of drug-likeness (QED) is 0.503. The van der Waals surface area contributed by atoms with Crippen molar-refractivity contribution in [3.8, 4) is 0 Å². The summed E-state index contributed by atoms with van der Waals surface area (Å²) in [6, 6.07) is 7.09. The van der Waals surface area contributed by atoms with Gasteiger partial charge >= 0.3 is 11.9 Å². The van der Waals surface area contributed by atoms with Crippen molar-refractivity contribution in [2.75, 3.05) is 26.4 Å². The van der Waals surface area contributed by atoms with Crippen LogP contribution in [-0.4, -0.2) is 38.3 Å². The molecule has 0 bridgehead atoms. The lowest BCUT2D eigenvalue weighted by Crippen LogP contribution is -2.33. The molecule has 0 radical (unpaired) electrons. The van der Waals surface area contributed by atoms with Crippen LogP contribution in [0.5, 0.6) is 0 Å². The fourth-order valence-electron chi connectivity index (χ4n) is 2.99. The van der Waals surface area contributed by atoms with Gasteiger partial charge in [-0.25, -0.2) is 4.79 Å². The number of hydrogen-bond acceptors (Lipinski definition) is 7. The minimum Gasteiger partial charge on any atom is -0.463 e. The zero-order valence-electron chi connectivity index (χ0n) is 16.2. The van der Waals surface area contributed by atoms with E-state index in [1.165, 1.54) is 6.92 Å². The molecule has 0 fully saturated rings. The summed E-state index contributed by atoms with van der Waals surface area (Å²) in [6.45, 7) is 5.78. The first kappa shape index (κ1) is 21.9. The molecule has 8 heteroatoms. The van der Waals surface area contributed by atoms with Crippen molar-refractivity contribution >= 4 is 23.5 Å². The van der Waals surface area contributed by atoms with E-state index in [2.05, 4.69) is 5.32 Å². The highest BCUT2D eigenvalue weighted by atomic mass is 35.5. The highest BCUT2D eigenvalue weighted by Crippen LogP contribution is 2.41. The molecule has 1 heterocycles. The minimum absolute atomic E-state index is 0.122. The molecule has 7 nitrogen and oxygen atoms in total. The van der Waals surface area contributed by atoms with Gasteiger partial charge in [-0.3, -0.25) is 4.79 Å². The summed E-state index contributed by atoms with van der Waals surface area (Å²) >= 11 is 6.42. The standard InChI is InChI=1S/C20H25ClN2O5/c1-4-27-20(25)18-16(11-26-10-9-22)23-12(2)19(28-13(3)24)17(18)14-7-5-6-8-15(14)21/h5-8,17,23H,4,9-11,22H2,1-3H3. The number of ether oxygens (including phenoxy) is 3. The molecule has 1 aliphatic heterocycles. The molecule has 1 atom stereocenters. The van der Waals surface area contributed by atoms with Gasteiger partial charge in [-0.1, -0.05) is 29.8 Å². The van der Waals surface area contributed by atoms with Crippen LogP contribution in [-0.2, 0) is 23.8 Å². The molecule has 0 spiro atoms. The summed E-state index contributed by atoms with van der Waals surface area (Å²) in [6.07, 6.45) is 0. The number of hydrogen-bond donors (Lipinski definition) is 2. The predicted molar refractivity (Wildman–Crippen MR) is 105 cm³/mol. The highest BCUT2D eigenvalue weighted by Gasteiger charge is 2.38. The Kier molecular flexibility index (Phi) is 8.04. The normalized spacial score (nSPS) is 16.7. The molecule has 152 valence electrons. The van der Waals surface area contributed by atoms with Crippen molar-refractivity contribution in [1.29, 1.82) is 0 Å². The largest absolute Gasteiger partial charge is 0.463 e. The average molecular weight is 409 g/mol. The maximum absolute atomic E-state index is 12.9. The zero-order chi connectivity index (χ0) is 20.7. The number of rotatable bonds is 8. The number of nitrogens with two attached hydrogens (primary N) is 1. The van der Waals surface area contributed by atoms with E-state index in [4.69, 9.17) is 31.5 Å². The van der Waals surface area contributed by atoms with E-state index in [1.807, 2.05) is 0 Å². The summed E-state index contributed by atoms with van der Waals surface area (Å²) in [5.74, 6) is -1.46. The first-order valence-corrected chi connectivity index (χ1v) is 9.37. The van der Waals surface area contributed by atoms with Crippen LogP contribution in [0, 0.1) is 0 Å². The molecule has 0 amide bonds. The molecule has 1 unspecified atom stereocenters. The molecule has 28 heavy (non-hydrogen) atoms. The molecule has 1 aromatic carbocycles. The summed E-state index contributed by atoms with van der Waals surface area (Å²) in [4.78, 5) is 24.6. The Hall–Kier alpha value is -2.35. The van der Waals surface area contributed by atoms with E-state index in [1.54, 1.807) is 38.1 Å². The number of halogens is 1. The van der Waals surface area contributed by atoms with E-state index in [0.29, 0.717) is 40.9 Å². The Morgan fingerprint density at radius 3 is 2.61 bits per heavy atom. The third kappa shape index (κ3) is 5.13. The van der Waals surface area contributed by atoms with Gasteiger partial charge in [-0.2, -0.15) is 0 Å². The van der Waals surface area contributed by atoms with Crippen molar-refractivity contribution in [3.63, 3.8) is 0 Å². The van der Waals surface area contributed by atoms with E-state index < -0.39 is 17.9 Å². The van der Waals surface area contributed by atoms with E-state index in [9.17, 15) is 9.59 Å². The van der Waals surface area contributed by atoms with Gasteiger partial charge in [-0.15, -0.1) is 0 Å².